The number of pyridine rings is 2. The molecule has 0 spiro atoms. The third-order valence-electron chi connectivity index (χ3n) is 2.83. The summed E-state index contributed by atoms with van der Waals surface area (Å²) in [7, 11) is 0. The van der Waals surface area contributed by atoms with Crippen molar-refractivity contribution in [2.24, 2.45) is 0 Å². The number of hydrogen-bond acceptors (Lipinski definition) is 4. The number of carbonyl (C=O) groups is 2. The van der Waals surface area contributed by atoms with Gasteiger partial charge >= 0.3 is 5.97 Å². The third-order valence-corrected chi connectivity index (χ3v) is 2.83. The molecule has 0 fully saturated rings. The predicted octanol–water partition coefficient (Wildman–Crippen LogP) is 1.41. The minimum atomic E-state index is -1.12. The molecular formula is C14H13N3O3. The van der Waals surface area contributed by atoms with E-state index >= 15 is 0 Å². The van der Waals surface area contributed by atoms with Crippen molar-refractivity contribution in [3.63, 3.8) is 0 Å². The lowest BCUT2D eigenvalue weighted by molar-refractivity contribution is 0.0689. The van der Waals surface area contributed by atoms with Crippen molar-refractivity contribution in [2.45, 2.75) is 13.5 Å². The maximum Gasteiger partial charge on any atom is 0.354 e. The Kier molecular flexibility index (Phi) is 4.05. The molecule has 2 aromatic rings. The molecule has 6 nitrogen and oxygen atoms in total. The maximum atomic E-state index is 11.9. The minimum absolute atomic E-state index is 0.0929. The summed E-state index contributed by atoms with van der Waals surface area (Å²) in [6.07, 6.45) is 4.63. The minimum Gasteiger partial charge on any atom is -0.477 e. The molecule has 2 aromatic heterocycles. The van der Waals surface area contributed by atoms with E-state index < -0.39 is 5.97 Å². The molecule has 20 heavy (non-hydrogen) atoms. The zero-order valence-corrected chi connectivity index (χ0v) is 10.8. The molecular weight excluding hydrogens is 258 g/mol. The molecule has 2 N–H and O–H groups in total. The number of rotatable bonds is 4. The number of hydrogen-bond donors (Lipinski definition) is 2. The van der Waals surface area contributed by atoms with Gasteiger partial charge in [-0.1, -0.05) is 0 Å². The molecule has 2 heterocycles. The first-order valence-corrected chi connectivity index (χ1v) is 5.95. The van der Waals surface area contributed by atoms with Crippen LogP contribution in [0.2, 0.25) is 0 Å². The first-order valence-electron chi connectivity index (χ1n) is 5.95. The van der Waals surface area contributed by atoms with Gasteiger partial charge in [0.15, 0.2) is 0 Å². The summed E-state index contributed by atoms with van der Waals surface area (Å²) in [5, 5.41) is 11.5. The van der Waals surface area contributed by atoms with Gasteiger partial charge in [0.25, 0.3) is 5.91 Å². The van der Waals surface area contributed by atoms with Gasteiger partial charge in [0, 0.05) is 25.1 Å². The van der Waals surface area contributed by atoms with Crippen LogP contribution < -0.4 is 5.32 Å². The van der Waals surface area contributed by atoms with Crippen molar-refractivity contribution in [3.8, 4) is 0 Å². The van der Waals surface area contributed by atoms with Crippen molar-refractivity contribution in [1.29, 1.82) is 0 Å². The molecule has 0 radical (unpaired) electrons. The van der Waals surface area contributed by atoms with Gasteiger partial charge in [-0.2, -0.15) is 0 Å². The maximum absolute atomic E-state index is 11.9. The van der Waals surface area contributed by atoms with Gasteiger partial charge in [0.1, 0.15) is 5.69 Å². The highest BCUT2D eigenvalue weighted by molar-refractivity contribution is 5.94. The van der Waals surface area contributed by atoms with E-state index in [1.54, 1.807) is 12.4 Å². The Balaban J connectivity index is 2.02. The Morgan fingerprint density at radius 2 is 2.05 bits per heavy atom. The molecule has 0 atom stereocenters. The summed E-state index contributed by atoms with van der Waals surface area (Å²) in [4.78, 5) is 30.2. The molecule has 0 aromatic carbocycles. The fourth-order valence-corrected chi connectivity index (χ4v) is 1.61. The second kappa shape index (κ2) is 5.92. The molecule has 0 saturated carbocycles. The Morgan fingerprint density at radius 1 is 1.25 bits per heavy atom. The molecule has 2 rings (SSSR count). The SMILES string of the molecule is Cc1ccncc1CNC(=O)c1ccc(C(=O)O)nc1. The van der Waals surface area contributed by atoms with Crippen LogP contribution in [0.3, 0.4) is 0 Å². The van der Waals surface area contributed by atoms with Crippen LogP contribution >= 0.6 is 0 Å². The van der Waals surface area contributed by atoms with Crippen molar-refractivity contribution < 1.29 is 14.7 Å². The van der Waals surface area contributed by atoms with Gasteiger partial charge in [-0.3, -0.25) is 9.78 Å². The third kappa shape index (κ3) is 3.17. The van der Waals surface area contributed by atoms with Crippen LogP contribution in [0.4, 0.5) is 0 Å². The molecule has 1 amide bonds. The highest BCUT2D eigenvalue weighted by Crippen LogP contribution is 2.05. The lowest BCUT2D eigenvalue weighted by Gasteiger charge is -2.07. The van der Waals surface area contributed by atoms with Crippen LogP contribution in [0.15, 0.2) is 36.8 Å². The smallest absolute Gasteiger partial charge is 0.354 e. The Morgan fingerprint density at radius 3 is 2.65 bits per heavy atom. The normalized spacial score (nSPS) is 10.1. The van der Waals surface area contributed by atoms with Crippen molar-refractivity contribution in [2.75, 3.05) is 0 Å². The van der Waals surface area contributed by atoms with Crippen LogP contribution in [-0.4, -0.2) is 27.0 Å². The Hall–Kier alpha value is -2.76. The molecule has 0 unspecified atom stereocenters. The lowest BCUT2D eigenvalue weighted by Crippen LogP contribution is -2.23. The van der Waals surface area contributed by atoms with E-state index in [0.717, 1.165) is 11.1 Å². The van der Waals surface area contributed by atoms with Gasteiger partial charge in [-0.15, -0.1) is 0 Å². The van der Waals surface area contributed by atoms with E-state index in [1.807, 2.05) is 13.0 Å². The largest absolute Gasteiger partial charge is 0.477 e. The van der Waals surface area contributed by atoms with E-state index in [-0.39, 0.29) is 11.6 Å². The summed E-state index contributed by atoms with van der Waals surface area (Å²) < 4.78 is 0. The van der Waals surface area contributed by atoms with E-state index in [1.165, 1.54) is 18.3 Å². The number of amides is 1. The van der Waals surface area contributed by atoms with Crippen LogP contribution in [0.1, 0.15) is 32.0 Å². The average molecular weight is 271 g/mol. The topological polar surface area (TPSA) is 92.2 Å². The number of carboxylic acid groups (broad SMARTS) is 1. The number of carbonyl (C=O) groups excluding carboxylic acids is 1. The number of aromatic nitrogens is 2. The number of nitrogens with zero attached hydrogens (tertiary/aromatic N) is 2. The molecule has 0 aliphatic rings. The van der Waals surface area contributed by atoms with E-state index in [9.17, 15) is 9.59 Å². The number of aryl methyl sites for hydroxylation is 1. The zero-order chi connectivity index (χ0) is 14.5. The molecule has 0 aliphatic carbocycles. The lowest BCUT2D eigenvalue weighted by atomic mass is 10.1. The second-order valence-corrected chi connectivity index (χ2v) is 4.22. The molecule has 0 aliphatic heterocycles. The van der Waals surface area contributed by atoms with Gasteiger partial charge in [-0.05, 0) is 36.2 Å². The number of aromatic carboxylic acids is 1. The van der Waals surface area contributed by atoms with E-state index in [4.69, 9.17) is 5.11 Å². The fourth-order valence-electron chi connectivity index (χ4n) is 1.61. The first-order chi connectivity index (χ1) is 9.58. The van der Waals surface area contributed by atoms with Gasteiger partial charge < -0.3 is 10.4 Å². The Bertz CT molecular complexity index is 638. The van der Waals surface area contributed by atoms with Crippen molar-refractivity contribution in [1.82, 2.24) is 15.3 Å². The van der Waals surface area contributed by atoms with Gasteiger partial charge in [0.05, 0.1) is 5.56 Å². The van der Waals surface area contributed by atoms with Crippen LogP contribution in [-0.2, 0) is 6.54 Å². The number of carboxylic acids is 1. The second-order valence-electron chi connectivity index (χ2n) is 4.22. The highest BCUT2D eigenvalue weighted by Gasteiger charge is 2.09. The van der Waals surface area contributed by atoms with E-state index in [0.29, 0.717) is 12.1 Å². The summed E-state index contributed by atoms with van der Waals surface area (Å²) in [5.41, 5.74) is 2.19. The summed E-state index contributed by atoms with van der Waals surface area (Å²) in [5.74, 6) is -1.43. The zero-order valence-electron chi connectivity index (χ0n) is 10.8. The van der Waals surface area contributed by atoms with Gasteiger partial charge in [-0.25, -0.2) is 9.78 Å². The standard InChI is InChI=1S/C14H13N3O3/c1-9-4-5-15-6-11(9)8-17-13(18)10-2-3-12(14(19)20)16-7-10/h2-7H,8H2,1H3,(H,17,18)(H,19,20). The molecule has 0 saturated heterocycles. The Labute approximate surface area is 115 Å². The van der Waals surface area contributed by atoms with Crippen LogP contribution in [0, 0.1) is 6.92 Å². The molecule has 0 bridgehead atoms. The first kappa shape index (κ1) is 13.7. The monoisotopic (exact) mass is 271 g/mol. The summed E-state index contributed by atoms with van der Waals surface area (Å²) in [6, 6.07) is 4.60. The summed E-state index contributed by atoms with van der Waals surface area (Å²) in [6.45, 7) is 2.30. The summed E-state index contributed by atoms with van der Waals surface area (Å²) >= 11 is 0. The molecule has 102 valence electrons. The van der Waals surface area contributed by atoms with Crippen LogP contribution in [0.25, 0.3) is 0 Å². The highest BCUT2D eigenvalue weighted by atomic mass is 16.4. The van der Waals surface area contributed by atoms with Crippen molar-refractivity contribution >= 4 is 11.9 Å². The van der Waals surface area contributed by atoms with Crippen LogP contribution in [0.5, 0.6) is 0 Å². The average Bonchev–Trinajstić information content (AvgIpc) is 2.46. The predicted molar refractivity (Wildman–Crippen MR) is 71.3 cm³/mol. The quantitative estimate of drug-likeness (QED) is 0.877. The van der Waals surface area contributed by atoms with Crippen molar-refractivity contribution in [3.05, 3.63) is 59.2 Å². The van der Waals surface area contributed by atoms with E-state index in [2.05, 4.69) is 15.3 Å². The fraction of sp³-hybridized carbons (Fsp3) is 0.143. The van der Waals surface area contributed by atoms with Gasteiger partial charge in [0.2, 0.25) is 0 Å². The number of nitrogens with one attached hydrogen (secondary N) is 1. The molecule has 6 heteroatoms.